The van der Waals surface area contributed by atoms with E-state index in [1.165, 1.54) is 0 Å². The topological polar surface area (TPSA) is 55.1 Å². The van der Waals surface area contributed by atoms with Crippen LogP contribution in [-0.4, -0.2) is 18.5 Å². The molecule has 1 rings (SSSR count). The molecule has 1 unspecified atom stereocenters. The molecule has 4 heteroatoms. The Morgan fingerprint density at radius 1 is 1.50 bits per heavy atom. The molecule has 0 aliphatic heterocycles. The fraction of sp³-hybridized carbons (Fsp3) is 0.417. The number of halogens is 1. The van der Waals surface area contributed by atoms with Crippen LogP contribution < -0.4 is 11.1 Å². The monoisotopic (exact) mass is 240 g/mol. The number of nitrogens with two attached hydrogens (primary N) is 1. The van der Waals surface area contributed by atoms with Crippen molar-refractivity contribution in [1.29, 1.82) is 0 Å². The summed E-state index contributed by atoms with van der Waals surface area (Å²) in [5.41, 5.74) is 6.36. The van der Waals surface area contributed by atoms with Gasteiger partial charge in [0.2, 0.25) is 5.91 Å². The zero-order chi connectivity index (χ0) is 12.1. The van der Waals surface area contributed by atoms with E-state index < -0.39 is 0 Å². The maximum atomic E-state index is 11.8. The summed E-state index contributed by atoms with van der Waals surface area (Å²) in [5, 5.41) is 3.48. The Kier molecular flexibility index (Phi) is 4.77. The quantitative estimate of drug-likeness (QED) is 0.845. The first-order valence-corrected chi connectivity index (χ1v) is 5.68. The third-order valence-corrected chi connectivity index (χ3v) is 2.72. The Morgan fingerprint density at radius 3 is 2.75 bits per heavy atom. The molecule has 16 heavy (non-hydrogen) atoms. The van der Waals surface area contributed by atoms with Crippen molar-refractivity contribution in [3.05, 3.63) is 34.9 Å². The van der Waals surface area contributed by atoms with Gasteiger partial charge in [-0.3, -0.25) is 4.79 Å². The van der Waals surface area contributed by atoms with Gasteiger partial charge in [0.15, 0.2) is 0 Å². The lowest BCUT2D eigenvalue weighted by molar-refractivity contribution is -0.122. The average molecular weight is 241 g/mol. The molecule has 2 atom stereocenters. The minimum Gasteiger partial charge on any atom is -0.352 e. The van der Waals surface area contributed by atoms with Gasteiger partial charge in [-0.25, -0.2) is 0 Å². The van der Waals surface area contributed by atoms with Gasteiger partial charge in [0, 0.05) is 17.6 Å². The van der Waals surface area contributed by atoms with E-state index in [0.717, 1.165) is 5.56 Å². The van der Waals surface area contributed by atoms with Crippen molar-refractivity contribution in [2.45, 2.75) is 25.8 Å². The molecule has 0 heterocycles. The largest absolute Gasteiger partial charge is 0.352 e. The predicted octanol–water partition coefficient (Wildman–Crippen LogP) is 1.91. The van der Waals surface area contributed by atoms with Crippen LogP contribution in [0.15, 0.2) is 24.3 Å². The summed E-state index contributed by atoms with van der Waals surface area (Å²) in [6.07, 6.45) is 0. The Balaban J connectivity index is 2.70. The Morgan fingerprint density at radius 2 is 2.19 bits per heavy atom. The van der Waals surface area contributed by atoms with Crippen molar-refractivity contribution >= 4 is 17.5 Å². The van der Waals surface area contributed by atoms with Crippen molar-refractivity contribution in [2.75, 3.05) is 6.54 Å². The highest BCUT2D eigenvalue weighted by molar-refractivity contribution is 6.30. The number of carbonyl (C=O) groups is 1. The summed E-state index contributed by atoms with van der Waals surface area (Å²) in [5.74, 6) is -0.243. The van der Waals surface area contributed by atoms with Crippen LogP contribution in [0, 0.1) is 0 Å². The molecule has 3 nitrogen and oxygen atoms in total. The summed E-state index contributed by atoms with van der Waals surface area (Å²) in [4.78, 5) is 11.8. The highest BCUT2D eigenvalue weighted by Crippen LogP contribution is 2.19. The average Bonchev–Trinajstić information content (AvgIpc) is 2.27. The van der Waals surface area contributed by atoms with Crippen LogP contribution in [0.3, 0.4) is 0 Å². The van der Waals surface area contributed by atoms with E-state index in [-0.39, 0.29) is 17.9 Å². The lowest BCUT2D eigenvalue weighted by Crippen LogP contribution is -2.39. The van der Waals surface area contributed by atoms with Gasteiger partial charge in [0.05, 0.1) is 5.92 Å². The molecular formula is C12H17ClN2O. The number of amides is 1. The first kappa shape index (κ1) is 13.0. The molecule has 0 fully saturated rings. The number of nitrogens with one attached hydrogen (secondary N) is 1. The minimum atomic E-state index is -0.215. The van der Waals surface area contributed by atoms with Gasteiger partial charge in [-0.15, -0.1) is 0 Å². The van der Waals surface area contributed by atoms with Gasteiger partial charge >= 0.3 is 0 Å². The first-order valence-electron chi connectivity index (χ1n) is 5.30. The molecule has 1 aromatic carbocycles. The van der Waals surface area contributed by atoms with Crippen molar-refractivity contribution < 1.29 is 4.79 Å². The third kappa shape index (κ3) is 3.51. The normalized spacial score (nSPS) is 14.2. The van der Waals surface area contributed by atoms with E-state index in [2.05, 4.69) is 5.32 Å². The predicted molar refractivity (Wildman–Crippen MR) is 66.5 cm³/mol. The molecule has 0 radical (unpaired) electrons. The SMILES string of the molecule is CC(C(=O)N[C@@H](C)CN)c1cccc(Cl)c1. The van der Waals surface area contributed by atoms with Gasteiger partial charge in [-0.2, -0.15) is 0 Å². The second-order valence-corrected chi connectivity index (χ2v) is 4.36. The van der Waals surface area contributed by atoms with E-state index in [9.17, 15) is 4.79 Å². The Labute approximate surface area is 101 Å². The molecule has 0 saturated heterocycles. The maximum absolute atomic E-state index is 11.8. The smallest absolute Gasteiger partial charge is 0.227 e. The lowest BCUT2D eigenvalue weighted by Gasteiger charge is -2.16. The van der Waals surface area contributed by atoms with Crippen molar-refractivity contribution in [3.63, 3.8) is 0 Å². The summed E-state index contributed by atoms with van der Waals surface area (Å²) >= 11 is 5.87. The third-order valence-electron chi connectivity index (χ3n) is 2.48. The van der Waals surface area contributed by atoms with Gasteiger partial charge in [0.1, 0.15) is 0 Å². The fourth-order valence-corrected chi connectivity index (χ4v) is 1.55. The number of benzene rings is 1. The zero-order valence-electron chi connectivity index (χ0n) is 9.53. The van der Waals surface area contributed by atoms with Gasteiger partial charge in [-0.05, 0) is 31.5 Å². The van der Waals surface area contributed by atoms with Gasteiger partial charge in [-0.1, -0.05) is 23.7 Å². The highest BCUT2D eigenvalue weighted by Gasteiger charge is 2.16. The molecule has 0 aliphatic carbocycles. The molecular weight excluding hydrogens is 224 g/mol. The van der Waals surface area contributed by atoms with Crippen LogP contribution in [0.5, 0.6) is 0 Å². The van der Waals surface area contributed by atoms with Crippen LogP contribution in [0.2, 0.25) is 5.02 Å². The molecule has 0 bridgehead atoms. The van der Waals surface area contributed by atoms with Crippen LogP contribution in [-0.2, 0) is 4.79 Å². The van der Waals surface area contributed by atoms with Crippen molar-refractivity contribution in [2.24, 2.45) is 5.73 Å². The van der Waals surface area contributed by atoms with Gasteiger partial charge < -0.3 is 11.1 Å². The first-order chi connectivity index (χ1) is 7.54. The summed E-state index contributed by atoms with van der Waals surface area (Å²) in [6, 6.07) is 7.32. The van der Waals surface area contributed by atoms with Crippen LogP contribution in [0.25, 0.3) is 0 Å². The highest BCUT2D eigenvalue weighted by atomic mass is 35.5. The Bertz CT molecular complexity index is 368. The summed E-state index contributed by atoms with van der Waals surface area (Å²) < 4.78 is 0. The summed E-state index contributed by atoms with van der Waals surface area (Å²) in [6.45, 7) is 4.17. The lowest BCUT2D eigenvalue weighted by atomic mass is 10.0. The zero-order valence-corrected chi connectivity index (χ0v) is 10.3. The Hall–Kier alpha value is -1.06. The number of rotatable bonds is 4. The maximum Gasteiger partial charge on any atom is 0.227 e. The number of hydrogen-bond donors (Lipinski definition) is 2. The van der Waals surface area contributed by atoms with Crippen molar-refractivity contribution in [1.82, 2.24) is 5.32 Å². The van der Waals surface area contributed by atoms with Crippen molar-refractivity contribution in [3.8, 4) is 0 Å². The van der Waals surface area contributed by atoms with E-state index >= 15 is 0 Å². The molecule has 88 valence electrons. The molecule has 0 aromatic heterocycles. The van der Waals surface area contributed by atoms with Crippen LogP contribution >= 0.6 is 11.6 Å². The second kappa shape index (κ2) is 5.87. The molecule has 3 N–H and O–H groups in total. The van der Waals surface area contributed by atoms with E-state index in [1.807, 2.05) is 26.0 Å². The number of hydrogen-bond acceptors (Lipinski definition) is 2. The standard InChI is InChI=1S/C12H17ClN2O/c1-8(7-14)15-12(16)9(2)10-4-3-5-11(13)6-10/h3-6,8-9H,7,14H2,1-2H3,(H,15,16)/t8-,9?/m0/s1. The fourth-order valence-electron chi connectivity index (χ4n) is 1.35. The molecule has 1 amide bonds. The van der Waals surface area contributed by atoms with E-state index in [4.69, 9.17) is 17.3 Å². The number of carbonyl (C=O) groups excluding carboxylic acids is 1. The molecule has 0 aliphatic rings. The van der Waals surface area contributed by atoms with Gasteiger partial charge in [0.25, 0.3) is 0 Å². The summed E-state index contributed by atoms with van der Waals surface area (Å²) in [7, 11) is 0. The van der Waals surface area contributed by atoms with E-state index in [0.29, 0.717) is 11.6 Å². The minimum absolute atomic E-state index is 0.00543. The van der Waals surface area contributed by atoms with E-state index in [1.54, 1.807) is 12.1 Å². The molecule has 0 saturated carbocycles. The van der Waals surface area contributed by atoms with Crippen LogP contribution in [0.4, 0.5) is 0 Å². The molecule has 1 aromatic rings. The second-order valence-electron chi connectivity index (χ2n) is 3.92. The van der Waals surface area contributed by atoms with Crippen LogP contribution in [0.1, 0.15) is 25.3 Å². The molecule has 0 spiro atoms.